The van der Waals surface area contributed by atoms with Gasteiger partial charge >= 0.3 is 6.09 Å². The summed E-state index contributed by atoms with van der Waals surface area (Å²) in [5.41, 5.74) is 1.31. The molecular weight excluding hydrogens is 388 g/mol. The van der Waals surface area contributed by atoms with E-state index in [0.717, 1.165) is 36.9 Å². The molecule has 0 radical (unpaired) electrons. The number of pyridine rings is 1. The summed E-state index contributed by atoms with van der Waals surface area (Å²) in [7, 11) is 0. The number of benzene rings is 1. The fourth-order valence-corrected chi connectivity index (χ4v) is 4.49. The van der Waals surface area contributed by atoms with E-state index in [2.05, 4.69) is 4.98 Å². The van der Waals surface area contributed by atoms with Crippen molar-refractivity contribution in [3.8, 4) is 17.1 Å². The number of rotatable bonds is 3. The molecule has 0 saturated carbocycles. The van der Waals surface area contributed by atoms with Gasteiger partial charge in [-0.1, -0.05) is 41.9 Å². The molecule has 5 nitrogen and oxygen atoms in total. The maximum absolute atomic E-state index is 12.6. The van der Waals surface area contributed by atoms with E-state index in [-0.39, 0.29) is 24.3 Å². The maximum atomic E-state index is 12.6. The lowest BCUT2D eigenvalue weighted by Gasteiger charge is -2.39. The van der Waals surface area contributed by atoms with Crippen molar-refractivity contribution in [3.05, 3.63) is 47.5 Å². The van der Waals surface area contributed by atoms with Crippen LogP contribution in [0.2, 0.25) is 5.02 Å². The van der Waals surface area contributed by atoms with E-state index in [1.54, 1.807) is 6.07 Å². The first-order valence-corrected chi connectivity index (χ1v) is 10.6. The zero-order chi connectivity index (χ0) is 20.6. The van der Waals surface area contributed by atoms with Crippen molar-refractivity contribution in [1.29, 1.82) is 0 Å². The van der Waals surface area contributed by atoms with E-state index in [9.17, 15) is 4.79 Å². The Morgan fingerprint density at radius 1 is 1.10 bits per heavy atom. The van der Waals surface area contributed by atoms with E-state index < -0.39 is 5.60 Å². The molecule has 0 N–H and O–H groups in total. The number of ether oxygens (including phenoxy) is 2. The highest BCUT2D eigenvalue weighted by molar-refractivity contribution is 6.30. The molecule has 0 spiro atoms. The molecule has 2 bridgehead atoms. The number of aromatic nitrogens is 1. The van der Waals surface area contributed by atoms with Crippen LogP contribution in [-0.4, -0.2) is 39.8 Å². The predicted molar refractivity (Wildman–Crippen MR) is 113 cm³/mol. The number of carbonyl (C=O) groups excluding carboxylic acids is 1. The minimum Gasteiger partial charge on any atom is -0.474 e. The molecule has 4 rings (SSSR count). The van der Waals surface area contributed by atoms with E-state index in [0.29, 0.717) is 10.9 Å². The molecule has 1 aromatic carbocycles. The van der Waals surface area contributed by atoms with Crippen molar-refractivity contribution < 1.29 is 14.3 Å². The van der Waals surface area contributed by atoms with Gasteiger partial charge in [-0.05, 0) is 39.7 Å². The van der Waals surface area contributed by atoms with Gasteiger partial charge in [-0.2, -0.15) is 0 Å². The van der Waals surface area contributed by atoms with Crippen LogP contribution in [0.3, 0.4) is 0 Å². The van der Waals surface area contributed by atoms with Crippen LogP contribution >= 0.6 is 11.6 Å². The molecule has 2 saturated heterocycles. The van der Waals surface area contributed by atoms with Crippen LogP contribution in [0.1, 0.15) is 46.5 Å². The van der Waals surface area contributed by atoms with E-state index in [4.69, 9.17) is 21.1 Å². The average Bonchev–Trinajstić information content (AvgIpc) is 2.92. The Morgan fingerprint density at radius 2 is 1.76 bits per heavy atom. The Bertz CT molecular complexity index is 867. The molecule has 29 heavy (non-hydrogen) atoms. The average molecular weight is 415 g/mol. The Labute approximate surface area is 177 Å². The SMILES string of the molecule is CC(C)(C)OC(=O)N1[C@@H]2CC[C@H]1C[C@H](Oc1cc(Cl)cc(-c3ccccc3)n1)C2. The lowest BCUT2D eigenvalue weighted by atomic mass is 10.0. The summed E-state index contributed by atoms with van der Waals surface area (Å²) in [5, 5.41) is 0.600. The fraction of sp³-hybridized carbons (Fsp3) is 0.478. The van der Waals surface area contributed by atoms with Crippen LogP contribution in [0.25, 0.3) is 11.3 Å². The first-order chi connectivity index (χ1) is 13.8. The number of hydrogen-bond acceptors (Lipinski definition) is 4. The van der Waals surface area contributed by atoms with Crippen molar-refractivity contribution in [1.82, 2.24) is 9.88 Å². The number of nitrogens with zero attached hydrogens (tertiary/aromatic N) is 2. The number of amides is 1. The summed E-state index contributed by atoms with van der Waals surface area (Å²) in [5.74, 6) is 0.534. The van der Waals surface area contributed by atoms with Crippen LogP contribution < -0.4 is 4.74 Å². The highest BCUT2D eigenvalue weighted by Gasteiger charge is 2.45. The third kappa shape index (κ3) is 4.67. The van der Waals surface area contributed by atoms with Gasteiger partial charge in [0.15, 0.2) is 0 Å². The van der Waals surface area contributed by atoms with Crippen LogP contribution in [-0.2, 0) is 4.74 Å². The van der Waals surface area contributed by atoms with Gasteiger partial charge < -0.3 is 14.4 Å². The molecule has 154 valence electrons. The standard InChI is InChI=1S/C23H27ClN2O3/c1-23(2,3)29-22(27)26-17-9-10-18(26)14-19(13-17)28-21-12-16(24)11-20(25-21)15-7-5-4-6-8-15/h4-8,11-12,17-19H,9-10,13-14H2,1-3H3/t17-,18+,19-. The number of halogens is 1. The Balaban J connectivity index is 1.46. The zero-order valence-corrected chi connectivity index (χ0v) is 17.9. The second kappa shape index (κ2) is 7.86. The third-order valence-electron chi connectivity index (χ3n) is 5.42. The largest absolute Gasteiger partial charge is 0.474 e. The fourth-order valence-electron chi connectivity index (χ4n) is 4.30. The monoisotopic (exact) mass is 414 g/mol. The first kappa shape index (κ1) is 20.0. The Morgan fingerprint density at radius 3 is 2.38 bits per heavy atom. The van der Waals surface area contributed by atoms with Gasteiger partial charge in [-0.3, -0.25) is 0 Å². The highest BCUT2D eigenvalue weighted by atomic mass is 35.5. The molecule has 2 aliphatic rings. The molecule has 1 amide bonds. The maximum Gasteiger partial charge on any atom is 0.410 e. The Kier molecular flexibility index (Phi) is 5.43. The summed E-state index contributed by atoms with van der Waals surface area (Å²) in [6, 6.07) is 13.8. The van der Waals surface area contributed by atoms with Gasteiger partial charge in [-0.25, -0.2) is 9.78 Å². The van der Waals surface area contributed by atoms with Crippen molar-refractivity contribution in [3.63, 3.8) is 0 Å². The molecule has 6 heteroatoms. The number of piperidine rings is 1. The van der Waals surface area contributed by atoms with Crippen LogP contribution in [0.4, 0.5) is 4.79 Å². The topological polar surface area (TPSA) is 51.7 Å². The molecule has 3 heterocycles. The van der Waals surface area contributed by atoms with Crippen LogP contribution in [0.15, 0.2) is 42.5 Å². The summed E-state index contributed by atoms with van der Waals surface area (Å²) in [6.07, 6.45) is 3.34. The number of fused-ring (bicyclic) bond motifs is 2. The van der Waals surface area contributed by atoms with E-state index in [1.807, 2.05) is 62.1 Å². The highest BCUT2D eigenvalue weighted by Crippen LogP contribution is 2.38. The molecular formula is C23H27ClN2O3. The smallest absolute Gasteiger partial charge is 0.410 e. The first-order valence-electron chi connectivity index (χ1n) is 10.2. The minimum absolute atomic E-state index is 0.0146. The van der Waals surface area contributed by atoms with Crippen molar-refractivity contribution in [2.45, 2.75) is 70.2 Å². The summed E-state index contributed by atoms with van der Waals surface area (Å²) < 4.78 is 11.8. The van der Waals surface area contributed by atoms with E-state index in [1.165, 1.54) is 0 Å². The molecule has 0 aliphatic carbocycles. The summed E-state index contributed by atoms with van der Waals surface area (Å²) in [4.78, 5) is 19.2. The molecule has 1 aromatic heterocycles. The normalized spacial score (nSPS) is 23.7. The Hall–Kier alpha value is -2.27. The molecule has 2 fully saturated rings. The van der Waals surface area contributed by atoms with Crippen LogP contribution in [0.5, 0.6) is 5.88 Å². The van der Waals surface area contributed by atoms with Gasteiger partial charge in [0.1, 0.15) is 11.7 Å². The zero-order valence-electron chi connectivity index (χ0n) is 17.1. The summed E-state index contributed by atoms with van der Waals surface area (Å²) >= 11 is 6.32. The van der Waals surface area contributed by atoms with Gasteiger partial charge in [0.25, 0.3) is 0 Å². The van der Waals surface area contributed by atoms with Crippen molar-refractivity contribution in [2.75, 3.05) is 0 Å². The van der Waals surface area contributed by atoms with Gasteiger partial charge in [0.2, 0.25) is 5.88 Å². The summed E-state index contributed by atoms with van der Waals surface area (Å²) in [6.45, 7) is 5.70. The quantitative estimate of drug-likeness (QED) is 0.645. The molecule has 0 unspecified atom stereocenters. The lowest BCUT2D eigenvalue weighted by molar-refractivity contribution is -0.00757. The van der Waals surface area contributed by atoms with Gasteiger partial charge in [-0.15, -0.1) is 0 Å². The molecule has 2 aromatic rings. The van der Waals surface area contributed by atoms with Gasteiger partial charge in [0, 0.05) is 41.6 Å². The second-order valence-electron chi connectivity index (χ2n) is 8.86. The minimum atomic E-state index is -0.484. The van der Waals surface area contributed by atoms with Crippen LogP contribution in [0, 0.1) is 0 Å². The van der Waals surface area contributed by atoms with Crippen molar-refractivity contribution >= 4 is 17.7 Å². The van der Waals surface area contributed by atoms with Crippen molar-refractivity contribution in [2.24, 2.45) is 0 Å². The predicted octanol–water partition coefficient (Wildman–Crippen LogP) is 5.71. The van der Waals surface area contributed by atoms with E-state index >= 15 is 0 Å². The number of hydrogen-bond donors (Lipinski definition) is 0. The lowest BCUT2D eigenvalue weighted by Crippen LogP contribution is -2.50. The molecule has 3 atom stereocenters. The number of carbonyl (C=O) groups is 1. The third-order valence-corrected chi connectivity index (χ3v) is 5.64. The molecule has 2 aliphatic heterocycles. The van der Waals surface area contributed by atoms with Gasteiger partial charge in [0.05, 0.1) is 5.69 Å². The second-order valence-corrected chi connectivity index (χ2v) is 9.30.